The second-order valence-corrected chi connectivity index (χ2v) is 4.72. The Labute approximate surface area is 104 Å². The molecule has 0 aromatic carbocycles. The fourth-order valence-electron chi connectivity index (χ4n) is 1.28. The lowest BCUT2D eigenvalue weighted by Crippen LogP contribution is -2.27. The second-order valence-electron chi connectivity index (χ2n) is 3.66. The Morgan fingerprint density at radius 1 is 1.53 bits per heavy atom. The molecule has 1 N–H and O–H groups in total. The zero-order valence-electron chi connectivity index (χ0n) is 10.1. The summed E-state index contributed by atoms with van der Waals surface area (Å²) in [6.45, 7) is 3.78. The number of aromatic nitrogens is 1. The van der Waals surface area contributed by atoms with Crippen LogP contribution in [0.25, 0.3) is 0 Å². The van der Waals surface area contributed by atoms with Gasteiger partial charge in [0.15, 0.2) is 0 Å². The van der Waals surface area contributed by atoms with E-state index in [9.17, 15) is 9.59 Å². The molecule has 94 valence electrons. The van der Waals surface area contributed by atoms with Gasteiger partial charge in [-0.1, -0.05) is 0 Å². The maximum atomic E-state index is 11.5. The summed E-state index contributed by atoms with van der Waals surface area (Å²) in [4.78, 5) is 26.7. The molecule has 17 heavy (non-hydrogen) atoms. The van der Waals surface area contributed by atoms with Gasteiger partial charge in [-0.05, 0) is 13.8 Å². The molecule has 0 aliphatic heterocycles. The number of esters is 1. The number of aryl methyl sites for hydroxylation is 1. The molecule has 5 nitrogen and oxygen atoms in total. The first kappa shape index (κ1) is 13.6. The van der Waals surface area contributed by atoms with Gasteiger partial charge in [-0.2, -0.15) is 0 Å². The van der Waals surface area contributed by atoms with Crippen LogP contribution in [-0.2, 0) is 14.3 Å². The van der Waals surface area contributed by atoms with Gasteiger partial charge in [-0.15, -0.1) is 11.3 Å². The number of thiazole rings is 1. The van der Waals surface area contributed by atoms with Crippen LogP contribution < -0.4 is 5.32 Å². The van der Waals surface area contributed by atoms with Crippen LogP contribution in [-0.4, -0.2) is 24.0 Å². The molecule has 0 bridgehead atoms. The van der Waals surface area contributed by atoms with Gasteiger partial charge in [0, 0.05) is 11.8 Å². The van der Waals surface area contributed by atoms with Crippen molar-refractivity contribution < 1.29 is 14.3 Å². The average Bonchev–Trinajstić information content (AvgIpc) is 2.72. The van der Waals surface area contributed by atoms with Crippen LogP contribution in [0.4, 0.5) is 0 Å². The van der Waals surface area contributed by atoms with E-state index in [0.717, 1.165) is 10.7 Å². The summed E-state index contributed by atoms with van der Waals surface area (Å²) in [6.07, 6.45) is 0.241. The molecule has 0 radical (unpaired) electrons. The molecular weight excluding hydrogens is 240 g/mol. The molecule has 0 saturated heterocycles. The highest BCUT2D eigenvalue weighted by molar-refractivity contribution is 7.09. The zero-order chi connectivity index (χ0) is 12.8. The topological polar surface area (TPSA) is 68.3 Å². The minimum absolute atomic E-state index is 0.102. The molecule has 1 aromatic heterocycles. The van der Waals surface area contributed by atoms with Crippen molar-refractivity contribution in [3.05, 3.63) is 16.1 Å². The van der Waals surface area contributed by atoms with Crippen LogP contribution in [0.3, 0.4) is 0 Å². The van der Waals surface area contributed by atoms with E-state index >= 15 is 0 Å². The zero-order valence-corrected chi connectivity index (χ0v) is 11.0. The predicted octanol–water partition coefficient (Wildman–Crippen LogP) is 1.58. The van der Waals surface area contributed by atoms with Gasteiger partial charge < -0.3 is 10.1 Å². The van der Waals surface area contributed by atoms with Crippen molar-refractivity contribution in [1.82, 2.24) is 10.3 Å². The fraction of sp³-hybridized carbons (Fsp3) is 0.545. The molecule has 0 spiro atoms. The highest BCUT2D eigenvalue weighted by Crippen LogP contribution is 2.15. The molecular formula is C11H16N2O3S. The largest absolute Gasteiger partial charge is 0.469 e. The van der Waals surface area contributed by atoms with Gasteiger partial charge in [-0.25, -0.2) is 4.98 Å². The van der Waals surface area contributed by atoms with Crippen LogP contribution in [0.15, 0.2) is 5.38 Å². The Morgan fingerprint density at radius 2 is 2.24 bits per heavy atom. The van der Waals surface area contributed by atoms with E-state index in [2.05, 4.69) is 15.0 Å². The van der Waals surface area contributed by atoms with Crippen LogP contribution in [0, 0.1) is 6.92 Å². The Hall–Kier alpha value is -1.43. The minimum atomic E-state index is -0.377. The summed E-state index contributed by atoms with van der Waals surface area (Å²) in [6, 6.07) is -0.134. The lowest BCUT2D eigenvalue weighted by atomic mass is 10.2. The molecule has 1 unspecified atom stereocenters. The van der Waals surface area contributed by atoms with Crippen molar-refractivity contribution in [2.24, 2.45) is 0 Å². The van der Waals surface area contributed by atoms with Gasteiger partial charge in [-0.3, -0.25) is 9.59 Å². The number of hydrogen-bond donors (Lipinski definition) is 1. The highest BCUT2D eigenvalue weighted by Gasteiger charge is 2.13. The van der Waals surface area contributed by atoms with Crippen LogP contribution in [0.5, 0.6) is 0 Å². The van der Waals surface area contributed by atoms with E-state index in [0.29, 0.717) is 0 Å². The second kappa shape index (κ2) is 6.34. The highest BCUT2D eigenvalue weighted by atomic mass is 32.1. The van der Waals surface area contributed by atoms with Gasteiger partial charge in [0.05, 0.1) is 30.3 Å². The van der Waals surface area contributed by atoms with E-state index in [1.54, 1.807) is 11.3 Å². The predicted molar refractivity (Wildman–Crippen MR) is 64.7 cm³/mol. The number of hydrogen-bond acceptors (Lipinski definition) is 5. The Balaban J connectivity index is 2.38. The smallest absolute Gasteiger partial charge is 0.306 e. The SMILES string of the molecule is COC(=O)CCC(=O)NC(C)c1csc(C)n1. The first-order valence-electron chi connectivity index (χ1n) is 5.31. The average molecular weight is 256 g/mol. The van der Waals surface area contributed by atoms with E-state index in [-0.39, 0.29) is 30.8 Å². The third-order valence-electron chi connectivity index (χ3n) is 2.24. The molecule has 1 rings (SSSR count). The molecule has 0 aliphatic carbocycles. The standard InChI is InChI=1S/C11H16N2O3S/c1-7(9-6-17-8(2)13-9)12-10(14)4-5-11(15)16-3/h6-7H,4-5H2,1-3H3,(H,12,14). The monoisotopic (exact) mass is 256 g/mol. The molecule has 1 heterocycles. The van der Waals surface area contributed by atoms with Crippen molar-refractivity contribution in [3.63, 3.8) is 0 Å². The van der Waals surface area contributed by atoms with E-state index in [4.69, 9.17) is 0 Å². The van der Waals surface area contributed by atoms with E-state index < -0.39 is 0 Å². The summed E-state index contributed by atoms with van der Waals surface area (Å²) < 4.78 is 4.46. The lowest BCUT2D eigenvalue weighted by Gasteiger charge is -2.11. The van der Waals surface area contributed by atoms with Gasteiger partial charge in [0.25, 0.3) is 0 Å². The number of rotatable bonds is 5. The van der Waals surface area contributed by atoms with E-state index in [1.807, 2.05) is 19.2 Å². The Bertz CT molecular complexity index is 403. The fourth-order valence-corrected chi connectivity index (χ4v) is 1.99. The quantitative estimate of drug-likeness (QED) is 0.812. The van der Waals surface area contributed by atoms with Crippen molar-refractivity contribution in [2.75, 3.05) is 7.11 Å². The number of methoxy groups -OCH3 is 1. The molecule has 1 aromatic rings. The van der Waals surface area contributed by atoms with Crippen molar-refractivity contribution in [1.29, 1.82) is 0 Å². The maximum Gasteiger partial charge on any atom is 0.306 e. The molecule has 0 aliphatic rings. The molecule has 6 heteroatoms. The van der Waals surface area contributed by atoms with Gasteiger partial charge in [0.1, 0.15) is 0 Å². The summed E-state index contributed by atoms with van der Waals surface area (Å²) >= 11 is 1.55. The molecule has 0 saturated carbocycles. The number of nitrogens with zero attached hydrogens (tertiary/aromatic N) is 1. The number of amides is 1. The van der Waals surface area contributed by atoms with Crippen LogP contribution in [0.2, 0.25) is 0 Å². The summed E-state index contributed by atoms with van der Waals surface area (Å²) in [7, 11) is 1.31. The molecule has 0 fully saturated rings. The number of carbonyl (C=O) groups is 2. The summed E-state index contributed by atoms with van der Waals surface area (Å²) in [5.41, 5.74) is 0.846. The molecule has 1 atom stereocenters. The number of ether oxygens (including phenoxy) is 1. The van der Waals surface area contributed by atoms with Crippen LogP contribution in [0.1, 0.15) is 36.5 Å². The Kier molecular flexibility index (Phi) is 5.09. The van der Waals surface area contributed by atoms with Gasteiger partial charge in [0.2, 0.25) is 5.91 Å². The van der Waals surface area contributed by atoms with Crippen LogP contribution >= 0.6 is 11.3 Å². The summed E-state index contributed by atoms with van der Waals surface area (Å²) in [5.74, 6) is -0.550. The van der Waals surface area contributed by atoms with Crippen molar-refractivity contribution >= 4 is 23.2 Å². The maximum absolute atomic E-state index is 11.5. The third-order valence-corrected chi connectivity index (χ3v) is 3.03. The summed E-state index contributed by atoms with van der Waals surface area (Å²) in [5, 5.41) is 5.67. The Morgan fingerprint density at radius 3 is 2.76 bits per heavy atom. The number of carbonyl (C=O) groups excluding carboxylic acids is 2. The first-order chi connectivity index (χ1) is 8.02. The van der Waals surface area contributed by atoms with Crippen molar-refractivity contribution in [3.8, 4) is 0 Å². The first-order valence-corrected chi connectivity index (χ1v) is 6.19. The number of nitrogens with one attached hydrogen (secondary N) is 1. The van der Waals surface area contributed by atoms with Gasteiger partial charge >= 0.3 is 5.97 Å². The van der Waals surface area contributed by atoms with E-state index in [1.165, 1.54) is 7.11 Å². The third kappa shape index (κ3) is 4.52. The minimum Gasteiger partial charge on any atom is -0.469 e. The molecule has 1 amide bonds. The normalized spacial score (nSPS) is 11.9. The lowest BCUT2D eigenvalue weighted by molar-refractivity contribution is -0.142. The van der Waals surface area contributed by atoms with Crippen molar-refractivity contribution in [2.45, 2.75) is 32.7 Å².